The van der Waals surface area contributed by atoms with Crippen LogP contribution in [-0.2, 0) is 17.8 Å². The Kier molecular flexibility index (Phi) is 10.2. The van der Waals surface area contributed by atoms with E-state index in [0.29, 0.717) is 13.0 Å². The predicted octanol–water partition coefficient (Wildman–Crippen LogP) is 4.02. The summed E-state index contributed by atoms with van der Waals surface area (Å²) < 4.78 is 0. The molecule has 1 rings (SSSR count). The molecule has 25 heavy (non-hydrogen) atoms. The van der Waals surface area contributed by atoms with Gasteiger partial charge in [-0.05, 0) is 33.6 Å². The third kappa shape index (κ3) is 6.64. The Hall–Kier alpha value is -1.05. The van der Waals surface area contributed by atoms with E-state index < -0.39 is 0 Å². The fourth-order valence-electron chi connectivity index (χ4n) is 2.32. The third-order valence-corrected chi connectivity index (χ3v) is 6.69. The molecule has 0 saturated heterocycles. The number of aryl methyl sites for hydroxylation is 3. The van der Waals surface area contributed by atoms with Crippen molar-refractivity contribution in [2.24, 2.45) is 0 Å². The molecular formula is C18H29N3O2S2. The van der Waals surface area contributed by atoms with Crippen LogP contribution in [0.3, 0.4) is 0 Å². The molecule has 0 radical (unpaired) electrons. The minimum absolute atomic E-state index is 0.0716. The standard InChI is InChI=1S/C18H29N3O2S2/c1-6-10-24-25-18(8-9-22)15(5)21(12-23)11-17-14(4)19-16(7-2)13(3)20-17/h12,22H,6-11H2,1-5H3/b18-15-. The summed E-state index contributed by atoms with van der Waals surface area (Å²) in [6.07, 6.45) is 3.33. The topological polar surface area (TPSA) is 66.3 Å². The van der Waals surface area contributed by atoms with E-state index in [9.17, 15) is 9.90 Å². The number of carbonyl (C=O) groups is 1. The monoisotopic (exact) mass is 383 g/mol. The molecule has 0 fully saturated rings. The van der Waals surface area contributed by atoms with Crippen LogP contribution in [0, 0.1) is 13.8 Å². The molecule has 140 valence electrons. The van der Waals surface area contributed by atoms with Crippen LogP contribution < -0.4 is 0 Å². The van der Waals surface area contributed by atoms with Crippen molar-refractivity contribution in [2.45, 2.75) is 60.4 Å². The Balaban J connectivity index is 3.04. The normalized spacial score (nSPS) is 12.1. The molecule has 0 aliphatic carbocycles. The molecular weight excluding hydrogens is 354 g/mol. The van der Waals surface area contributed by atoms with Gasteiger partial charge in [0.2, 0.25) is 6.41 Å². The predicted molar refractivity (Wildman–Crippen MR) is 107 cm³/mol. The van der Waals surface area contributed by atoms with E-state index in [-0.39, 0.29) is 6.61 Å². The second-order valence-electron chi connectivity index (χ2n) is 5.76. The maximum absolute atomic E-state index is 11.7. The zero-order valence-corrected chi connectivity index (χ0v) is 17.5. The number of hydrogen-bond donors (Lipinski definition) is 1. The summed E-state index contributed by atoms with van der Waals surface area (Å²) in [6.45, 7) is 10.5. The number of aromatic nitrogens is 2. The smallest absolute Gasteiger partial charge is 0.214 e. The Labute approximate surface area is 159 Å². The first-order chi connectivity index (χ1) is 12.0. The van der Waals surface area contributed by atoms with E-state index >= 15 is 0 Å². The molecule has 1 amide bonds. The van der Waals surface area contributed by atoms with Crippen LogP contribution in [0.2, 0.25) is 0 Å². The van der Waals surface area contributed by atoms with E-state index in [1.165, 1.54) is 0 Å². The molecule has 0 unspecified atom stereocenters. The van der Waals surface area contributed by atoms with Gasteiger partial charge in [-0.3, -0.25) is 14.8 Å². The van der Waals surface area contributed by atoms with E-state index in [2.05, 4.69) is 23.8 Å². The summed E-state index contributed by atoms with van der Waals surface area (Å²) in [5.74, 6) is 1.04. The first-order valence-electron chi connectivity index (χ1n) is 8.63. The highest BCUT2D eigenvalue weighted by molar-refractivity contribution is 8.78. The summed E-state index contributed by atoms with van der Waals surface area (Å²) in [5.41, 5.74) is 4.46. The first kappa shape index (κ1) is 22.0. The molecule has 0 bridgehead atoms. The number of aliphatic hydroxyl groups excluding tert-OH is 1. The highest BCUT2D eigenvalue weighted by atomic mass is 33.1. The van der Waals surface area contributed by atoms with Gasteiger partial charge in [-0.15, -0.1) is 0 Å². The number of rotatable bonds is 11. The molecule has 0 spiro atoms. The van der Waals surface area contributed by atoms with Gasteiger partial charge in [0.15, 0.2) is 0 Å². The fourth-order valence-corrected chi connectivity index (χ4v) is 4.91. The Morgan fingerprint density at radius 1 is 1.20 bits per heavy atom. The molecule has 0 aliphatic heterocycles. The molecule has 0 aromatic carbocycles. The second kappa shape index (κ2) is 11.5. The Bertz CT molecular complexity index is 606. The van der Waals surface area contributed by atoms with Gasteiger partial charge in [0.25, 0.3) is 0 Å². The molecule has 7 heteroatoms. The number of carbonyl (C=O) groups excluding carboxylic acids is 1. The highest BCUT2D eigenvalue weighted by Gasteiger charge is 2.15. The zero-order chi connectivity index (χ0) is 18.8. The van der Waals surface area contributed by atoms with Gasteiger partial charge in [0.1, 0.15) is 0 Å². The lowest BCUT2D eigenvalue weighted by Crippen LogP contribution is -2.22. The van der Waals surface area contributed by atoms with Crippen molar-refractivity contribution in [3.63, 3.8) is 0 Å². The molecule has 1 aromatic heterocycles. The molecule has 1 aromatic rings. The quantitative estimate of drug-likeness (QED) is 0.354. The summed E-state index contributed by atoms with van der Waals surface area (Å²) in [5, 5.41) is 9.34. The van der Waals surface area contributed by atoms with Crippen LogP contribution in [0.15, 0.2) is 10.6 Å². The molecule has 1 heterocycles. The zero-order valence-electron chi connectivity index (χ0n) is 15.8. The maximum atomic E-state index is 11.7. The highest BCUT2D eigenvalue weighted by Crippen LogP contribution is 2.35. The van der Waals surface area contributed by atoms with Gasteiger partial charge in [-0.25, -0.2) is 0 Å². The third-order valence-electron chi connectivity index (χ3n) is 3.84. The van der Waals surface area contributed by atoms with Crippen LogP contribution >= 0.6 is 21.6 Å². The molecule has 0 atom stereocenters. The van der Waals surface area contributed by atoms with Crippen LogP contribution in [0.1, 0.15) is 56.4 Å². The molecule has 5 nitrogen and oxygen atoms in total. The van der Waals surface area contributed by atoms with Crippen molar-refractivity contribution in [1.29, 1.82) is 0 Å². The van der Waals surface area contributed by atoms with Crippen molar-refractivity contribution < 1.29 is 9.90 Å². The first-order valence-corrected chi connectivity index (χ1v) is 10.9. The molecule has 0 aliphatic rings. The second-order valence-corrected chi connectivity index (χ2v) is 8.27. The molecule has 0 saturated carbocycles. The average molecular weight is 384 g/mol. The van der Waals surface area contributed by atoms with E-state index in [1.54, 1.807) is 26.5 Å². The van der Waals surface area contributed by atoms with Crippen LogP contribution in [-0.4, -0.2) is 38.7 Å². The van der Waals surface area contributed by atoms with Gasteiger partial charge in [-0.1, -0.05) is 35.4 Å². The lowest BCUT2D eigenvalue weighted by atomic mass is 10.2. The number of hydrogen-bond acceptors (Lipinski definition) is 6. The van der Waals surface area contributed by atoms with Crippen LogP contribution in [0.25, 0.3) is 0 Å². The van der Waals surface area contributed by atoms with Crippen molar-refractivity contribution >= 4 is 28.0 Å². The number of aliphatic hydroxyl groups is 1. The van der Waals surface area contributed by atoms with E-state index in [1.807, 2.05) is 20.8 Å². The Morgan fingerprint density at radius 2 is 1.84 bits per heavy atom. The number of allylic oxidation sites excluding steroid dienone is 1. The maximum Gasteiger partial charge on any atom is 0.214 e. The molecule has 1 N–H and O–H groups in total. The average Bonchev–Trinajstić information content (AvgIpc) is 2.60. The largest absolute Gasteiger partial charge is 0.396 e. The lowest BCUT2D eigenvalue weighted by Gasteiger charge is -2.22. The SMILES string of the molecule is CCCSS/C(CCO)=C(/C)N(C=O)Cc1nc(C)c(CC)nc1C. The summed E-state index contributed by atoms with van der Waals surface area (Å²) >= 11 is 0. The van der Waals surface area contributed by atoms with Gasteiger partial charge in [0.05, 0.1) is 29.3 Å². The Morgan fingerprint density at radius 3 is 2.40 bits per heavy atom. The van der Waals surface area contributed by atoms with Crippen LogP contribution in [0.5, 0.6) is 0 Å². The minimum Gasteiger partial charge on any atom is -0.396 e. The van der Waals surface area contributed by atoms with Crippen molar-refractivity contribution in [3.05, 3.63) is 33.4 Å². The van der Waals surface area contributed by atoms with Gasteiger partial charge in [-0.2, -0.15) is 0 Å². The van der Waals surface area contributed by atoms with Gasteiger partial charge < -0.3 is 10.0 Å². The van der Waals surface area contributed by atoms with E-state index in [4.69, 9.17) is 0 Å². The fraction of sp³-hybridized carbons (Fsp3) is 0.611. The van der Waals surface area contributed by atoms with Gasteiger partial charge in [0, 0.05) is 29.4 Å². The summed E-state index contributed by atoms with van der Waals surface area (Å²) in [6, 6.07) is 0. The number of nitrogens with zero attached hydrogens (tertiary/aromatic N) is 3. The summed E-state index contributed by atoms with van der Waals surface area (Å²) in [4.78, 5) is 23.6. The van der Waals surface area contributed by atoms with E-state index in [0.717, 1.165) is 58.4 Å². The summed E-state index contributed by atoms with van der Waals surface area (Å²) in [7, 11) is 3.40. The van der Waals surface area contributed by atoms with Crippen molar-refractivity contribution in [3.8, 4) is 0 Å². The minimum atomic E-state index is 0.0716. The lowest BCUT2D eigenvalue weighted by molar-refractivity contribution is -0.117. The van der Waals surface area contributed by atoms with Gasteiger partial charge >= 0.3 is 0 Å². The van der Waals surface area contributed by atoms with Crippen molar-refractivity contribution in [1.82, 2.24) is 14.9 Å². The van der Waals surface area contributed by atoms with Crippen LogP contribution in [0.4, 0.5) is 0 Å². The number of amides is 1. The van der Waals surface area contributed by atoms with Crippen molar-refractivity contribution in [2.75, 3.05) is 12.4 Å².